The number of aromatic nitrogens is 2. The number of anilines is 1. The quantitative estimate of drug-likeness (QED) is 0.595. The molecule has 0 bridgehead atoms. The fourth-order valence-corrected chi connectivity index (χ4v) is 3.06. The van der Waals surface area contributed by atoms with Crippen molar-refractivity contribution in [3.05, 3.63) is 53.2 Å². The smallest absolute Gasteiger partial charge is 0.338 e. The zero-order chi connectivity index (χ0) is 17.6. The van der Waals surface area contributed by atoms with Crippen LogP contribution in [0.2, 0.25) is 0 Å². The van der Waals surface area contributed by atoms with Crippen molar-refractivity contribution >= 4 is 23.0 Å². The van der Waals surface area contributed by atoms with Gasteiger partial charge in [-0.05, 0) is 49.6 Å². The maximum absolute atomic E-state index is 12.2. The topological polar surface area (TPSA) is 68.5 Å². The molecule has 0 radical (unpaired) electrons. The average Bonchev–Trinajstić information content (AvgIpc) is 3.33. The molecular weight excluding hydrogens is 338 g/mol. The summed E-state index contributed by atoms with van der Waals surface area (Å²) < 4.78 is 10.8. The summed E-state index contributed by atoms with van der Waals surface area (Å²) in [6.07, 6.45) is 0. The summed E-state index contributed by atoms with van der Waals surface area (Å²) in [5, 5.41) is 9.79. The number of hydrogen-bond donors (Lipinski definition) is 0. The fourth-order valence-electron chi connectivity index (χ4n) is 2.42. The van der Waals surface area contributed by atoms with Gasteiger partial charge in [-0.15, -0.1) is 21.5 Å². The van der Waals surface area contributed by atoms with Crippen LogP contribution in [0, 0.1) is 0 Å². The van der Waals surface area contributed by atoms with Crippen LogP contribution in [-0.4, -0.2) is 29.3 Å². The van der Waals surface area contributed by atoms with Gasteiger partial charge >= 0.3 is 5.97 Å². The fraction of sp³-hybridized carbons (Fsp3) is 0.278. The average molecular weight is 357 g/mol. The highest BCUT2D eigenvalue weighted by Gasteiger charge is 2.13. The molecule has 0 unspecified atom stereocenters. The van der Waals surface area contributed by atoms with Crippen LogP contribution in [0.1, 0.15) is 30.1 Å². The van der Waals surface area contributed by atoms with Gasteiger partial charge in [-0.2, -0.15) is 0 Å². The van der Waals surface area contributed by atoms with Crippen LogP contribution < -0.4 is 4.90 Å². The van der Waals surface area contributed by atoms with E-state index in [-0.39, 0.29) is 12.5 Å². The molecule has 0 aliphatic heterocycles. The van der Waals surface area contributed by atoms with Crippen molar-refractivity contribution in [1.82, 2.24) is 10.2 Å². The van der Waals surface area contributed by atoms with E-state index in [0.717, 1.165) is 23.7 Å². The van der Waals surface area contributed by atoms with Gasteiger partial charge in [0.15, 0.2) is 6.61 Å². The van der Waals surface area contributed by atoms with Crippen LogP contribution in [0.15, 0.2) is 46.2 Å². The molecule has 0 atom stereocenters. The molecule has 130 valence electrons. The van der Waals surface area contributed by atoms with E-state index < -0.39 is 5.97 Å². The predicted molar refractivity (Wildman–Crippen MR) is 96.7 cm³/mol. The SMILES string of the molecule is CCN(CC)c1ccc(C(=O)OCc2nnc(-c3cccs3)o2)cc1. The van der Waals surface area contributed by atoms with E-state index >= 15 is 0 Å². The summed E-state index contributed by atoms with van der Waals surface area (Å²) in [4.78, 5) is 15.2. The highest BCUT2D eigenvalue weighted by Crippen LogP contribution is 2.23. The van der Waals surface area contributed by atoms with Crippen molar-refractivity contribution < 1.29 is 13.9 Å². The van der Waals surface area contributed by atoms with Gasteiger partial charge in [-0.1, -0.05) is 6.07 Å². The van der Waals surface area contributed by atoms with Crippen molar-refractivity contribution in [3.63, 3.8) is 0 Å². The Bertz CT molecular complexity index is 808. The Balaban J connectivity index is 1.59. The third-order valence-electron chi connectivity index (χ3n) is 3.76. The predicted octanol–water partition coefficient (Wildman–Crippen LogP) is 4.00. The van der Waals surface area contributed by atoms with E-state index in [0.29, 0.717) is 11.5 Å². The Labute approximate surface area is 150 Å². The van der Waals surface area contributed by atoms with Gasteiger partial charge < -0.3 is 14.1 Å². The highest BCUT2D eigenvalue weighted by atomic mass is 32.1. The molecular formula is C18H19N3O3S. The van der Waals surface area contributed by atoms with Crippen LogP contribution in [-0.2, 0) is 11.3 Å². The first-order valence-corrected chi connectivity index (χ1v) is 8.97. The molecule has 0 aliphatic carbocycles. The lowest BCUT2D eigenvalue weighted by Crippen LogP contribution is -2.21. The van der Waals surface area contributed by atoms with Gasteiger partial charge in [0.1, 0.15) is 0 Å². The zero-order valence-electron chi connectivity index (χ0n) is 14.1. The molecule has 0 amide bonds. The van der Waals surface area contributed by atoms with E-state index in [4.69, 9.17) is 9.15 Å². The van der Waals surface area contributed by atoms with Gasteiger partial charge in [-0.25, -0.2) is 4.79 Å². The van der Waals surface area contributed by atoms with E-state index in [1.165, 1.54) is 11.3 Å². The molecule has 0 aliphatic rings. The molecule has 2 aromatic heterocycles. The van der Waals surface area contributed by atoms with Crippen LogP contribution in [0.5, 0.6) is 0 Å². The summed E-state index contributed by atoms with van der Waals surface area (Å²) in [6.45, 7) is 5.99. The standard InChI is InChI=1S/C18H19N3O3S/c1-3-21(4-2)14-9-7-13(8-10-14)18(22)23-12-16-19-20-17(24-16)15-6-5-11-25-15/h5-11H,3-4,12H2,1-2H3. The maximum atomic E-state index is 12.2. The highest BCUT2D eigenvalue weighted by molar-refractivity contribution is 7.13. The maximum Gasteiger partial charge on any atom is 0.338 e. The second kappa shape index (κ2) is 7.94. The van der Waals surface area contributed by atoms with E-state index in [2.05, 4.69) is 28.9 Å². The van der Waals surface area contributed by atoms with Crippen molar-refractivity contribution in [3.8, 4) is 10.8 Å². The van der Waals surface area contributed by atoms with E-state index in [9.17, 15) is 4.79 Å². The number of carbonyl (C=O) groups excluding carboxylic acids is 1. The van der Waals surface area contributed by atoms with Gasteiger partial charge in [0.25, 0.3) is 11.8 Å². The Hall–Kier alpha value is -2.67. The van der Waals surface area contributed by atoms with Gasteiger partial charge in [-0.3, -0.25) is 0 Å². The molecule has 3 aromatic rings. The normalized spacial score (nSPS) is 10.6. The number of rotatable bonds is 7. The molecule has 0 fully saturated rings. The number of ether oxygens (including phenoxy) is 1. The van der Waals surface area contributed by atoms with Crippen LogP contribution in [0.4, 0.5) is 5.69 Å². The minimum atomic E-state index is -0.415. The minimum Gasteiger partial charge on any atom is -0.452 e. The molecule has 0 spiro atoms. The molecule has 6 nitrogen and oxygen atoms in total. The van der Waals surface area contributed by atoms with Crippen LogP contribution in [0.25, 0.3) is 10.8 Å². The van der Waals surface area contributed by atoms with Crippen molar-refractivity contribution in [2.45, 2.75) is 20.5 Å². The summed E-state index contributed by atoms with van der Waals surface area (Å²) >= 11 is 1.51. The Morgan fingerprint density at radius 3 is 2.56 bits per heavy atom. The summed E-state index contributed by atoms with van der Waals surface area (Å²) in [5.41, 5.74) is 1.58. The third-order valence-corrected chi connectivity index (χ3v) is 4.61. The zero-order valence-corrected chi connectivity index (χ0v) is 15.0. The van der Waals surface area contributed by atoms with Crippen molar-refractivity contribution in [2.24, 2.45) is 0 Å². The third kappa shape index (κ3) is 4.06. The number of nitrogens with zero attached hydrogens (tertiary/aromatic N) is 3. The molecule has 0 saturated carbocycles. The molecule has 3 rings (SSSR count). The summed E-state index contributed by atoms with van der Waals surface area (Å²) in [5.74, 6) is 0.295. The second-order valence-electron chi connectivity index (χ2n) is 5.27. The Morgan fingerprint density at radius 1 is 1.16 bits per heavy atom. The number of esters is 1. The van der Waals surface area contributed by atoms with Crippen molar-refractivity contribution in [2.75, 3.05) is 18.0 Å². The van der Waals surface area contributed by atoms with Gasteiger partial charge in [0.2, 0.25) is 0 Å². The van der Waals surface area contributed by atoms with Gasteiger partial charge in [0, 0.05) is 18.8 Å². The lowest BCUT2D eigenvalue weighted by Gasteiger charge is -2.20. The first-order chi connectivity index (χ1) is 12.2. The molecule has 0 N–H and O–H groups in total. The summed E-state index contributed by atoms with van der Waals surface area (Å²) in [6, 6.07) is 11.2. The minimum absolute atomic E-state index is 0.0466. The first-order valence-electron chi connectivity index (χ1n) is 8.09. The lowest BCUT2D eigenvalue weighted by atomic mass is 10.2. The number of thiophene rings is 1. The molecule has 2 heterocycles. The van der Waals surface area contributed by atoms with E-state index in [1.807, 2.05) is 29.6 Å². The number of benzene rings is 1. The lowest BCUT2D eigenvalue weighted by molar-refractivity contribution is 0.0438. The largest absolute Gasteiger partial charge is 0.452 e. The van der Waals surface area contributed by atoms with E-state index in [1.54, 1.807) is 12.1 Å². The molecule has 1 aromatic carbocycles. The first kappa shape index (κ1) is 17.2. The van der Waals surface area contributed by atoms with Crippen LogP contribution in [0.3, 0.4) is 0 Å². The Morgan fingerprint density at radius 2 is 1.92 bits per heavy atom. The molecule has 7 heteroatoms. The number of hydrogen-bond acceptors (Lipinski definition) is 7. The van der Waals surface area contributed by atoms with Crippen molar-refractivity contribution in [1.29, 1.82) is 0 Å². The Kier molecular flexibility index (Phi) is 5.45. The molecule has 25 heavy (non-hydrogen) atoms. The monoisotopic (exact) mass is 357 g/mol. The second-order valence-corrected chi connectivity index (χ2v) is 6.22. The van der Waals surface area contributed by atoms with Crippen LogP contribution >= 0.6 is 11.3 Å². The molecule has 0 saturated heterocycles. The number of carbonyl (C=O) groups is 1. The summed E-state index contributed by atoms with van der Waals surface area (Å²) in [7, 11) is 0. The van der Waals surface area contributed by atoms with Gasteiger partial charge in [0.05, 0.1) is 10.4 Å².